The molecule has 0 saturated carbocycles. The molecule has 2 aromatic rings. The first-order valence-corrected chi connectivity index (χ1v) is 7.86. The molecule has 0 spiro atoms. The van der Waals surface area contributed by atoms with Crippen LogP contribution in [0.5, 0.6) is 11.5 Å². The van der Waals surface area contributed by atoms with Crippen molar-refractivity contribution < 1.29 is 24.5 Å². The van der Waals surface area contributed by atoms with Crippen molar-refractivity contribution in [2.24, 2.45) is 5.10 Å². The molecule has 146 valence electrons. The Kier molecular flexibility index (Phi) is 6.22. The summed E-state index contributed by atoms with van der Waals surface area (Å²) in [6.07, 6.45) is 1.04. The summed E-state index contributed by atoms with van der Waals surface area (Å²) >= 11 is 0. The van der Waals surface area contributed by atoms with Gasteiger partial charge in [0.05, 0.1) is 16.1 Å². The molecule has 0 heterocycles. The van der Waals surface area contributed by atoms with E-state index in [9.17, 15) is 30.1 Å². The van der Waals surface area contributed by atoms with E-state index < -0.39 is 22.4 Å². The highest BCUT2D eigenvalue weighted by Gasteiger charge is 2.16. The van der Waals surface area contributed by atoms with Gasteiger partial charge in [0.25, 0.3) is 11.6 Å². The third-order valence-electron chi connectivity index (χ3n) is 3.59. The van der Waals surface area contributed by atoms with Gasteiger partial charge in [-0.15, -0.1) is 0 Å². The topological polar surface area (TPSA) is 157 Å². The van der Waals surface area contributed by atoms with Gasteiger partial charge < -0.3 is 9.84 Å². The fourth-order valence-corrected chi connectivity index (χ4v) is 2.23. The van der Waals surface area contributed by atoms with Gasteiger partial charge >= 0.3 is 5.69 Å². The first-order valence-electron chi connectivity index (χ1n) is 7.86. The van der Waals surface area contributed by atoms with Crippen molar-refractivity contribution in [1.29, 1.82) is 0 Å². The van der Waals surface area contributed by atoms with E-state index in [1.165, 1.54) is 25.1 Å². The summed E-state index contributed by atoms with van der Waals surface area (Å²) in [7, 11) is 0. The van der Waals surface area contributed by atoms with Crippen LogP contribution in [0, 0.1) is 34.1 Å². The van der Waals surface area contributed by atoms with Crippen LogP contribution in [0.3, 0.4) is 0 Å². The number of aryl methyl sites for hydroxylation is 2. The molecule has 0 aliphatic carbocycles. The number of phenolic OH excluding ortho intramolecular Hbond substituents is 1. The number of phenols is 1. The fraction of sp³-hybridized carbons (Fsp3) is 0.176. The lowest BCUT2D eigenvalue weighted by atomic mass is 10.1. The Morgan fingerprint density at radius 2 is 1.93 bits per heavy atom. The Bertz CT molecular complexity index is 972. The quantitative estimate of drug-likeness (QED) is 0.418. The van der Waals surface area contributed by atoms with E-state index in [0.717, 1.165) is 12.3 Å². The van der Waals surface area contributed by atoms with Gasteiger partial charge in [0, 0.05) is 23.8 Å². The second-order valence-electron chi connectivity index (χ2n) is 5.77. The minimum atomic E-state index is -0.715. The van der Waals surface area contributed by atoms with Crippen molar-refractivity contribution in [1.82, 2.24) is 5.43 Å². The predicted molar refractivity (Wildman–Crippen MR) is 98.6 cm³/mol. The molecule has 2 N–H and O–H groups in total. The summed E-state index contributed by atoms with van der Waals surface area (Å²) in [5.41, 5.74) is 2.59. The van der Waals surface area contributed by atoms with Crippen molar-refractivity contribution in [2.75, 3.05) is 6.61 Å². The third kappa shape index (κ3) is 5.00. The molecule has 0 bridgehead atoms. The molecule has 0 aliphatic rings. The highest BCUT2D eigenvalue weighted by molar-refractivity contribution is 5.87. The number of carbonyl (C=O) groups is 1. The number of hydrogen-bond donors (Lipinski definition) is 2. The van der Waals surface area contributed by atoms with Gasteiger partial charge in [-0.05, 0) is 31.0 Å². The Morgan fingerprint density at radius 1 is 1.21 bits per heavy atom. The largest absolute Gasteiger partial charge is 0.507 e. The van der Waals surface area contributed by atoms with Gasteiger partial charge in [0.2, 0.25) is 0 Å². The van der Waals surface area contributed by atoms with Gasteiger partial charge in [-0.1, -0.05) is 6.07 Å². The molecule has 0 saturated heterocycles. The first kappa shape index (κ1) is 20.3. The zero-order valence-corrected chi connectivity index (χ0v) is 14.9. The van der Waals surface area contributed by atoms with Crippen molar-refractivity contribution >= 4 is 23.5 Å². The number of hydrogen-bond acceptors (Lipinski definition) is 8. The van der Waals surface area contributed by atoms with Crippen LogP contribution in [0.15, 0.2) is 35.4 Å². The molecule has 0 unspecified atom stereocenters. The Labute approximate surface area is 158 Å². The lowest BCUT2D eigenvalue weighted by molar-refractivity contribution is -0.385. The number of benzene rings is 2. The van der Waals surface area contributed by atoms with Crippen LogP contribution in [0.2, 0.25) is 0 Å². The summed E-state index contributed by atoms with van der Waals surface area (Å²) in [5, 5.41) is 35.4. The molecule has 11 heteroatoms. The van der Waals surface area contributed by atoms with Gasteiger partial charge in [-0.3, -0.25) is 25.0 Å². The summed E-state index contributed by atoms with van der Waals surface area (Å²) in [6, 6.07) is 6.61. The number of rotatable bonds is 7. The maximum atomic E-state index is 11.8. The number of nitrogens with one attached hydrogen (secondary N) is 1. The van der Waals surface area contributed by atoms with E-state index >= 15 is 0 Å². The Morgan fingerprint density at radius 3 is 2.57 bits per heavy atom. The second kappa shape index (κ2) is 8.58. The summed E-state index contributed by atoms with van der Waals surface area (Å²) < 4.78 is 5.15. The molecular weight excluding hydrogens is 372 g/mol. The molecule has 0 atom stereocenters. The summed E-state index contributed by atoms with van der Waals surface area (Å²) in [6.45, 7) is 2.63. The third-order valence-corrected chi connectivity index (χ3v) is 3.59. The minimum absolute atomic E-state index is 0.0436. The normalized spacial score (nSPS) is 10.6. The molecule has 0 fully saturated rings. The molecule has 2 rings (SSSR count). The van der Waals surface area contributed by atoms with Gasteiger partial charge in [0.15, 0.2) is 12.4 Å². The van der Waals surface area contributed by atoms with Crippen LogP contribution >= 0.6 is 0 Å². The molecule has 0 aromatic heterocycles. The van der Waals surface area contributed by atoms with Crippen LogP contribution < -0.4 is 10.2 Å². The molecule has 2 aromatic carbocycles. The lowest BCUT2D eigenvalue weighted by Crippen LogP contribution is -2.24. The summed E-state index contributed by atoms with van der Waals surface area (Å²) in [5.74, 6) is -0.996. The molecular formula is C17H16N4O7. The zero-order valence-electron chi connectivity index (χ0n) is 14.9. The predicted octanol–water partition coefficient (Wildman–Crippen LogP) is 2.35. The average molecular weight is 388 g/mol. The highest BCUT2D eigenvalue weighted by atomic mass is 16.6. The molecule has 11 nitrogen and oxygen atoms in total. The fourth-order valence-electron chi connectivity index (χ4n) is 2.23. The molecule has 0 radical (unpaired) electrons. The van der Waals surface area contributed by atoms with Crippen LogP contribution in [-0.4, -0.2) is 33.7 Å². The first-order chi connectivity index (χ1) is 13.2. The van der Waals surface area contributed by atoms with Crippen molar-refractivity contribution in [3.05, 3.63) is 67.3 Å². The van der Waals surface area contributed by atoms with E-state index in [4.69, 9.17) is 4.74 Å². The molecule has 0 aliphatic heterocycles. The lowest BCUT2D eigenvalue weighted by Gasteiger charge is -2.06. The van der Waals surface area contributed by atoms with Gasteiger partial charge in [0.1, 0.15) is 5.75 Å². The van der Waals surface area contributed by atoms with Crippen LogP contribution in [0.25, 0.3) is 0 Å². The smallest absolute Gasteiger partial charge is 0.311 e. The summed E-state index contributed by atoms with van der Waals surface area (Å²) in [4.78, 5) is 32.4. The Hall–Kier alpha value is -4.02. The maximum absolute atomic E-state index is 11.8. The standard InChI is InChI=1S/C17H16N4O7/c1-10-3-4-15(14(5-10)21(26)27)28-9-16(22)19-18-8-12-7-13(20(24)25)6-11(2)17(12)23/h3-8,23H,9H2,1-2H3,(H,19,22)/b18-8-. The number of nitro groups is 2. The molecule has 28 heavy (non-hydrogen) atoms. The molecule has 1 amide bonds. The average Bonchev–Trinajstić information content (AvgIpc) is 2.63. The van der Waals surface area contributed by atoms with Gasteiger partial charge in [-0.25, -0.2) is 5.43 Å². The van der Waals surface area contributed by atoms with E-state index in [1.807, 2.05) is 0 Å². The second-order valence-corrected chi connectivity index (χ2v) is 5.77. The number of nitro benzene ring substituents is 2. The van der Waals surface area contributed by atoms with E-state index in [2.05, 4.69) is 10.5 Å². The zero-order chi connectivity index (χ0) is 20.8. The van der Waals surface area contributed by atoms with Crippen molar-refractivity contribution in [3.8, 4) is 11.5 Å². The maximum Gasteiger partial charge on any atom is 0.311 e. The minimum Gasteiger partial charge on any atom is -0.507 e. The highest BCUT2D eigenvalue weighted by Crippen LogP contribution is 2.28. The monoisotopic (exact) mass is 388 g/mol. The number of amides is 1. The number of non-ortho nitro benzene ring substituents is 1. The number of hydrazone groups is 1. The van der Waals surface area contributed by atoms with Crippen LogP contribution in [0.4, 0.5) is 11.4 Å². The number of aromatic hydroxyl groups is 1. The number of nitrogens with zero attached hydrogens (tertiary/aromatic N) is 3. The van der Waals surface area contributed by atoms with E-state index in [1.54, 1.807) is 13.0 Å². The number of ether oxygens (including phenoxy) is 1. The number of carbonyl (C=O) groups excluding carboxylic acids is 1. The van der Waals surface area contributed by atoms with Crippen LogP contribution in [-0.2, 0) is 4.79 Å². The van der Waals surface area contributed by atoms with Crippen molar-refractivity contribution in [3.63, 3.8) is 0 Å². The van der Waals surface area contributed by atoms with E-state index in [-0.39, 0.29) is 34.0 Å². The van der Waals surface area contributed by atoms with Crippen molar-refractivity contribution in [2.45, 2.75) is 13.8 Å². The van der Waals surface area contributed by atoms with Gasteiger partial charge in [-0.2, -0.15) is 5.10 Å². The van der Waals surface area contributed by atoms with E-state index in [0.29, 0.717) is 5.56 Å². The Balaban J connectivity index is 2.02. The SMILES string of the molecule is Cc1ccc(OCC(=O)N/N=C\c2cc([N+](=O)[O-])cc(C)c2O)c([N+](=O)[O-])c1. The van der Waals surface area contributed by atoms with Crippen LogP contribution in [0.1, 0.15) is 16.7 Å².